The number of hydrogen-bond donors (Lipinski definition) is 1. The lowest BCUT2D eigenvalue weighted by Crippen LogP contribution is -2.21. The Morgan fingerprint density at radius 3 is 2.22 bits per heavy atom. The molecule has 0 aromatic rings. The lowest BCUT2D eigenvalue weighted by molar-refractivity contribution is 0.473. The van der Waals surface area contributed by atoms with Crippen molar-refractivity contribution in [2.24, 2.45) is 0 Å². The molecule has 0 aliphatic heterocycles. The van der Waals surface area contributed by atoms with Crippen molar-refractivity contribution in [1.82, 2.24) is 10.2 Å². The molecule has 0 fully saturated rings. The molecule has 9 heavy (non-hydrogen) atoms. The Morgan fingerprint density at radius 2 is 2.11 bits per heavy atom. The van der Waals surface area contributed by atoms with Crippen LogP contribution in [0, 0.1) is 0 Å². The van der Waals surface area contributed by atoms with Crippen LogP contribution < -0.4 is 5.32 Å². The van der Waals surface area contributed by atoms with Crippen LogP contribution in [0.4, 0.5) is 0 Å². The number of nitrogens with one attached hydrogen (secondary N) is 1. The van der Waals surface area contributed by atoms with Gasteiger partial charge in [-0.3, -0.25) is 0 Å². The zero-order chi connectivity index (χ0) is 7.28. The van der Waals surface area contributed by atoms with Crippen LogP contribution in [0.3, 0.4) is 0 Å². The van der Waals surface area contributed by atoms with Gasteiger partial charge < -0.3 is 10.2 Å². The van der Waals surface area contributed by atoms with Gasteiger partial charge in [0.05, 0.1) is 5.82 Å². The molecule has 0 spiro atoms. The SMILES string of the molecule is CC/C=C(\NC)N(C)C. The second-order valence-corrected chi connectivity index (χ2v) is 2.14. The van der Waals surface area contributed by atoms with E-state index in [2.05, 4.69) is 23.2 Å². The van der Waals surface area contributed by atoms with Crippen LogP contribution in [0.5, 0.6) is 0 Å². The summed E-state index contributed by atoms with van der Waals surface area (Å²) in [4.78, 5) is 2.06. The molecule has 2 nitrogen and oxygen atoms in total. The molecule has 0 aromatic heterocycles. The molecule has 1 N–H and O–H groups in total. The predicted molar refractivity (Wildman–Crippen MR) is 41.1 cm³/mol. The first-order chi connectivity index (χ1) is 4.22. The number of nitrogens with zero attached hydrogens (tertiary/aromatic N) is 1. The Morgan fingerprint density at radius 1 is 1.56 bits per heavy atom. The van der Waals surface area contributed by atoms with Gasteiger partial charge in [0.25, 0.3) is 0 Å². The quantitative estimate of drug-likeness (QED) is 0.610. The van der Waals surface area contributed by atoms with Gasteiger partial charge in [-0.1, -0.05) is 6.92 Å². The summed E-state index contributed by atoms with van der Waals surface area (Å²) in [5, 5.41) is 3.09. The topological polar surface area (TPSA) is 15.3 Å². The van der Waals surface area contributed by atoms with Crippen molar-refractivity contribution in [1.29, 1.82) is 0 Å². The lowest BCUT2D eigenvalue weighted by atomic mass is 10.4. The van der Waals surface area contributed by atoms with Gasteiger partial charge in [-0.25, -0.2) is 0 Å². The number of allylic oxidation sites excluding steroid dienone is 1. The second kappa shape index (κ2) is 4.24. The van der Waals surface area contributed by atoms with Gasteiger partial charge in [0.1, 0.15) is 0 Å². The van der Waals surface area contributed by atoms with Crippen molar-refractivity contribution in [3.8, 4) is 0 Å². The van der Waals surface area contributed by atoms with Gasteiger partial charge >= 0.3 is 0 Å². The predicted octanol–water partition coefficient (Wildman–Crippen LogP) is 1.02. The molecule has 0 unspecified atom stereocenters. The van der Waals surface area contributed by atoms with E-state index in [0.29, 0.717) is 0 Å². The molecule has 0 heterocycles. The Balaban J connectivity index is 3.81. The summed E-state index contributed by atoms with van der Waals surface area (Å²) in [5.74, 6) is 1.18. The Kier molecular flexibility index (Phi) is 3.93. The fourth-order valence-electron chi connectivity index (χ4n) is 0.702. The smallest absolute Gasteiger partial charge is 0.0963 e. The minimum atomic E-state index is 1.08. The van der Waals surface area contributed by atoms with Crippen LogP contribution >= 0.6 is 0 Å². The summed E-state index contributed by atoms with van der Waals surface area (Å²) < 4.78 is 0. The average molecular weight is 128 g/mol. The van der Waals surface area contributed by atoms with Crippen LogP contribution in [0.25, 0.3) is 0 Å². The zero-order valence-electron chi connectivity index (χ0n) is 6.73. The van der Waals surface area contributed by atoms with Gasteiger partial charge in [0.2, 0.25) is 0 Å². The number of hydrogen-bond acceptors (Lipinski definition) is 2. The monoisotopic (exact) mass is 128 g/mol. The van der Waals surface area contributed by atoms with Gasteiger partial charge in [0.15, 0.2) is 0 Å². The van der Waals surface area contributed by atoms with E-state index >= 15 is 0 Å². The van der Waals surface area contributed by atoms with E-state index in [1.807, 2.05) is 21.1 Å². The van der Waals surface area contributed by atoms with E-state index in [1.54, 1.807) is 0 Å². The van der Waals surface area contributed by atoms with Crippen LogP contribution in [0.15, 0.2) is 11.9 Å². The van der Waals surface area contributed by atoms with Crippen molar-refractivity contribution in [3.63, 3.8) is 0 Å². The van der Waals surface area contributed by atoms with Crippen LogP contribution in [-0.4, -0.2) is 26.0 Å². The minimum absolute atomic E-state index is 1.08. The lowest BCUT2D eigenvalue weighted by Gasteiger charge is -2.15. The first-order valence-electron chi connectivity index (χ1n) is 3.27. The standard InChI is InChI=1S/C7H16N2/c1-5-6-7(8-2)9(3)4/h6,8H,5H2,1-4H3/b7-6+. The van der Waals surface area contributed by atoms with E-state index in [9.17, 15) is 0 Å². The molecule has 2 heteroatoms. The van der Waals surface area contributed by atoms with Crippen molar-refractivity contribution in [2.45, 2.75) is 13.3 Å². The average Bonchev–Trinajstić information content (AvgIpc) is 1.82. The largest absolute Gasteiger partial charge is 0.375 e. The maximum atomic E-state index is 3.09. The van der Waals surface area contributed by atoms with Crippen molar-refractivity contribution < 1.29 is 0 Å². The Hall–Kier alpha value is -0.660. The fraction of sp³-hybridized carbons (Fsp3) is 0.714. The third-order valence-corrected chi connectivity index (χ3v) is 1.14. The molecular formula is C7H16N2. The highest BCUT2D eigenvalue weighted by molar-refractivity contribution is 4.94. The van der Waals surface area contributed by atoms with Crippen LogP contribution in [0.2, 0.25) is 0 Å². The summed E-state index contributed by atoms with van der Waals surface area (Å²) in [6.07, 6.45) is 3.23. The summed E-state index contributed by atoms with van der Waals surface area (Å²) in [6.45, 7) is 2.13. The highest BCUT2D eigenvalue weighted by Gasteiger charge is 1.90. The molecule has 0 aromatic carbocycles. The molecule has 0 aliphatic carbocycles. The first-order valence-corrected chi connectivity index (χ1v) is 3.27. The van der Waals surface area contributed by atoms with E-state index in [0.717, 1.165) is 6.42 Å². The molecule has 54 valence electrons. The van der Waals surface area contributed by atoms with E-state index < -0.39 is 0 Å². The third kappa shape index (κ3) is 3.01. The summed E-state index contributed by atoms with van der Waals surface area (Å²) >= 11 is 0. The molecule has 0 rings (SSSR count). The van der Waals surface area contributed by atoms with Gasteiger partial charge in [0, 0.05) is 21.1 Å². The van der Waals surface area contributed by atoms with Crippen molar-refractivity contribution in [3.05, 3.63) is 11.9 Å². The van der Waals surface area contributed by atoms with Crippen molar-refractivity contribution in [2.75, 3.05) is 21.1 Å². The highest BCUT2D eigenvalue weighted by atomic mass is 15.2. The fourth-order valence-corrected chi connectivity index (χ4v) is 0.702. The maximum Gasteiger partial charge on any atom is 0.0963 e. The van der Waals surface area contributed by atoms with Gasteiger partial charge in [-0.15, -0.1) is 0 Å². The summed E-state index contributed by atoms with van der Waals surface area (Å²) in [6, 6.07) is 0. The van der Waals surface area contributed by atoms with Crippen molar-refractivity contribution >= 4 is 0 Å². The van der Waals surface area contributed by atoms with Crippen LogP contribution in [-0.2, 0) is 0 Å². The molecule has 0 bridgehead atoms. The first kappa shape index (κ1) is 8.34. The third-order valence-electron chi connectivity index (χ3n) is 1.14. The maximum absolute atomic E-state index is 3.09. The highest BCUT2D eigenvalue weighted by Crippen LogP contribution is 1.92. The minimum Gasteiger partial charge on any atom is -0.375 e. The molecular weight excluding hydrogens is 112 g/mol. The summed E-state index contributed by atoms with van der Waals surface area (Å²) in [5.41, 5.74) is 0. The summed E-state index contributed by atoms with van der Waals surface area (Å²) in [7, 11) is 5.98. The molecule has 0 aliphatic rings. The van der Waals surface area contributed by atoms with Crippen LogP contribution in [0.1, 0.15) is 13.3 Å². The Bertz CT molecular complexity index is 95.1. The Labute approximate surface area is 57.5 Å². The molecule has 0 saturated carbocycles. The van der Waals surface area contributed by atoms with Gasteiger partial charge in [-0.2, -0.15) is 0 Å². The van der Waals surface area contributed by atoms with Gasteiger partial charge in [-0.05, 0) is 12.5 Å². The molecule has 0 radical (unpaired) electrons. The van der Waals surface area contributed by atoms with E-state index in [1.165, 1.54) is 5.82 Å². The van der Waals surface area contributed by atoms with E-state index in [4.69, 9.17) is 0 Å². The zero-order valence-corrected chi connectivity index (χ0v) is 6.73. The number of rotatable bonds is 3. The molecule has 0 amide bonds. The second-order valence-electron chi connectivity index (χ2n) is 2.14. The normalized spacial score (nSPS) is 11.3. The van der Waals surface area contributed by atoms with E-state index in [-0.39, 0.29) is 0 Å². The molecule has 0 atom stereocenters. The molecule has 0 saturated heterocycles.